The van der Waals surface area contributed by atoms with Gasteiger partial charge in [0.05, 0.1) is 0 Å². The van der Waals surface area contributed by atoms with Crippen LogP contribution in [0, 0.1) is 11.3 Å². The maximum atomic E-state index is 2.69. The molecule has 0 radical (unpaired) electrons. The van der Waals surface area contributed by atoms with E-state index in [1.807, 2.05) is 0 Å². The van der Waals surface area contributed by atoms with Crippen molar-refractivity contribution in [3.63, 3.8) is 0 Å². The number of allylic oxidation sites excluding steroid dienone is 6. The Morgan fingerprint density at radius 3 is 2.27 bits per heavy atom. The van der Waals surface area contributed by atoms with E-state index in [0.29, 0.717) is 11.3 Å². The largest absolute Gasteiger partial charge is 0.0882 e. The molecule has 0 aromatic rings. The minimum absolute atomic E-state index is 0.371. The Morgan fingerprint density at radius 1 is 0.846 bits per heavy atom. The molecule has 0 aromatic heterocycles. The number of rotatable bonds is 4. The quantitative estimate of drug-likeness (QED) is 0.441. The molecule has 0 bridgehead atoms. The zero-order valence-electron chi connectivity index (χ0n) is 18.0. The first-order chi connectivity index (χ1) is 12.6. The zero-order chi connectivity index (χ0) is 18.7. The fourth-order valence-electron chi connectivity index (χ4n) is 4.45. The van der Waals surface area contributed by atoms with Gasteiger partial charge < -0.3 is 0 Å². The zero-order valence-corrected chi connectivity index (χ0v) is 18.0. The average Bonchev–Trinajstić information content (AvgIpc) is 2.60. The lowest BCUT2D eigenvalue weighted by Crippen LogP contribution is -2.19. The van der Waals surface area contributed by atoms with Crippen molar-refractivity contribution in [2.75, 3.05) is 0 Å². The minimum atomic E-state index is 0.371. The van der Waals surface area contributed by atoms with Crippen LogP contribution in [0.2, 0.25) is 0 Å². The molecule has 2 aliphatic carbocycles. The van der Waals surface area contributed by atoms with Crippen molar-refractivity contribution in [3.05, 3.63) is 35.5 Å². The van der Waals surface area contributed by atoms with Crippen molar-refractivity contribution in [3.8, 4) is 0 Å². The summed E-state index contributed by atoms with van der Waals surface area (Å²) in [6.07, 6.45) is 30.6. The molecular weight excluding hydrogens is 312 g/mol. The van der Waals surface area contributed by atoms with Crippen molar-refractivity contribution < 1.29 is 0 Å². The second-order valence-corrected chi connectivity index (χ2v) is 9.78. The van der Waals surface area contributed by atoms with Gasteiger partial charge in [-0.1, -0.05) is 81.9 Å². The molecule has 0 saturated carbocycles. The van der Waals surface area contributed by atoms with Gasteiger partial charge in [0.25, 0.3) is 0 Å². The number of hydrogen-bond donors (Lipinski definition) is 0. The highest BCUT2D eigenvalue weighted by atomic mass is 14.3. The van der Waals surface area contributed by atoms with Gasteiger partial charge in [0.15, 0.2) is 0 Å². The Morgan fingerprint density at radius 2 is 1.54 bits per heavy atom. The highest BCUT2D eigenvalue weighted by Crippen LogP contribution is 2.35. The van der Waals surface area contributed by atoms with Gasteiger partial charge >= 0.3 is 0 Å². The van der Waals surface area contributed by atoms with Crippen LogP contribution < -0.4 is 0 Å². The molecule has 0 fully saturated rings. The van der Waals surface area contributed by atoms with Crippen molar-refractivity contribution in [1.29, 1.82) is 0 Å². The summed E-state index contributed by atoms with van der Waals surface area (Å²) in [5.74, 6) is 0.710. The van der Waals surface area contributed by atoms with Crippen LogP contribution in [0.4, 0.5) is 0 Å². The molecule has 0 nitrogen and oxygen atoms in total. The van der Waals surface area contributed by atoms with Crippen LogP contribution in [0.5, 0.6) is 0 Å². The average molecular weight is 357 g/mol. The molecule has 148 valence electrons. The fraction of sp³-hybridized carbons (Fsp3) is 0.769. The third kappa shape index (κ3) is 8.74. The molecule has 0 heterocycles. The standard InChI is InChI=1S/C26H44/c1-26(2,3)25(21-20-23-16-14-11-15-17-23)22-24-18-12-9-7-5-4-6-8-10-13-19-24/h9,12,16,22,25H,4-8,10-11,13-15,17-21H2,1-3H3/b12-9?,24-22-. The molecule has 0 aliphatic heterocycles. The second kappa shape index (κ2) is 11.8. The van der Waals surface area contributed by atoms with E-state index in [0.717, 1.165) is 0 Å². The molecule has 0 amide bonds. The highest BCUT2D eigenvalue weighted by Gasteiger charge is 2.23. The summed E-state index contributed by atoms with van der Waals surface area (Å²) in [4.78, 5) is 0. The van der Waals surface area contributed by atoms with Crippen LogP contribution in [0.1, 0.15) is 117 Å². The summed E-state index contributed by atoms with van der Waals surface area (Å²) in [5.41, 5.74) is 3.82. The predicted octanol–water partition coefficient (Wildman–Crippen LogP) is 8.94. The van der Waals surface area contributed by atoms with Crippen LogP contribution in [-0.4, -0.2) is 0 Å². The number of hydrogen-bond acceptors (Lipinski definition) is 0. The van der Waals surface area contributed by atoms with Gasteiger partial charge in [0.2, 0.25) is 0 Å². The Labute approximate surface area is 164 Å². The fourth-order valence-corrected chi connectivity index (χ4v) is 4.45. The molecule has 0 spiro atoms. The third-order valence-electron chi connectivity index (χ3n) is 6.38. The molecule has 0 heteroatoms. The van der Waals surface area contributed by atoms with E-state index in [-0.39, 0.29) is 0 Å². The van der Waals surface area contributed by atoms with Crippen LogP contribution in [0.15, 0.2) is 35.5 Å². The summed E-state index contributed by atoms with van der Waals surface area (Å²) in [7, 11) is 0. The summed E-state index contributed by atoms with van der Waals surface area (Å²) >= 11 is 0. The highest BCUT2D eigenvalue weighted by molar-refractivity contribution is 5.13. The summed E-state index contributed by atoms with van der Waals surface area (Å²) in [5, 5.41) is 0. The maximum absolute atomic E-state index is 2.69. The van der Waals surface area contributed by atoms with Crippen molar-refractivity contribution >= 4 is 0 Å². The van der Waals surface area contributed by atoms with E-state index < -0.39 is 0 Å². The molecule has 2 rings (SSSR count). The first-order valence-electron chi connectivity index (χ1n) is 11.6. The SMILES string of the molecule is CC(C)(C)C(/C=C1/CC=CCCCCCCCC1)CCC1=CCCCC1. The van der Waals surface area contributed by atoms with Crippen molar-refractivity contribution in [2.45, 2.75) is 117 Å². The second-order valence-electron chi connectivity index (χ2n) is 9.78. The van der Waals surface area contributed by atoms with Crippen LogP contribution in [-0.2, 0) is 0 Å². The van der Waals surface area contributed by atoms with Gasteiger partial charge in [-0.2, -0.15) is 0 Å². The predicted molar refractivity (Wildman–Crippen MR) is 118 cm³/mol. The summed E-state index contributed by atoms with van der Waals surface area (Å²) < 4.78 is 0. The van der Waals surface area contributed by atoms with Crippen LogP contribution >= 0.6 is 0 Å². The minimum Gasteiger partial charge on any atom is -0.0882 e. The van der Waals surface area contributed by atoms with E-state index >= 15 is 0 Å². The third-order valence-corrected chi connectivity index (χ3v) is 6.38. The van der Waals surface area contributed by atoms with Crippen LogP contribution in [0.3, 0.4) is 0 Å². The van der Waals surface area contributed by atoms with E-state index in [1.165, 1.54) is 96.3 Å². The first-order valence-corrected chi connectivity index (χ1v) is 11.6. The summed E-state index contributed by atoms with van der Waals surface area (Å²) in [6, 6.07) is 0. The normalized spacial score (nSPS) is 23.8. The van der Waals surface area contributed by atoms with Crippen molar-refractivity contribution in [1.82, 2.24) is 0 Å². The molecular formula is C26H44. The topological polar surface area (TPSA) is 0 Å². The van der Waals surface area contributed by atoms with E-state index in [2.05, 4.69) is 45.1 Å². The molecule has 0 saturated heterocycles. The lowest BCUT2D eigenvalue weighted by Gasteiger charge is -2.30. The molecule has 1 atom stereocenters. The molecule has 1 unspecified atom stereocenters. The lowest BCUT2D eigenvalue weighted by molar-refractivity contribution is 0.275. The molecule has 26 heavy (non-hydrogen) atoms. The van der Waals surface area contributed by atoms with E-state index in [9.17, 15) is 0 Å². The van der Waals surface area contributed by atoms with Crippen molar-refractivity contribution in [2.24, 2.45) is 11.3 Å². The molecule has 2 aliphatic rings. The monoisotopic (exact) mass is 356 g/mol. The van der Waals surface area contributed by atoms with Gasteiger partial charge in [-0.05, 0) is 82.0 Å². The Bertz CT molecular complexity index is 469. The summed E-state index contributed by atoms with van der Waals surface area (Å²) in [6.45, 7) is 7.32. The first kappa shape index (κ1) is 21.5. The van der Waals surface area contributed by atoms with E-state index in [1.54, 1.807) is 11.1 Å². The Balaban J connectivity index is 2.01. The van der Waals surface area contributed by atoms with Crippen LogP contribution in [0.25, 0.3) is 0 Å². The smallest absolute Gasteiger partial charge is 0.0139 e. The molecule has 0 N–H and O–H groups in total. The molecule has 0 aromatic carbocycles. The van der Waals surface area contributed by atoms with Gasteiger partial charge in [-0.25, -0.2) is 0 Å². The van der Waals surface area contributed by atoms with Gasteiger partial charge in [-0.3, -0.25) is 0 Å². The lowest BCUT2D eigenvalue weighted by atomic mass is 9.75. The Hall–Kier alpha value is -0.780. The van der Waals surface area contributed by atoms with E-state index in [4.69, 9.17) is 0 Å². The maximum Gasteiger partial charge on any atom is -0.0139 e. The van der Waals surface area contributed by atoms with Gasteiger partial charge in [0.1, 0.15) is 0 Å². The van der Waals surface area contributed by atoms with Gasteiger partial charge in [-0.15, -0.1) is 0 Å². The Kier molecular flexibility index (Phi) is 9.79. The van der Waals surface area contributed by atoms with Gasteiger partial charge in [0, 0.05) is 0 Å².